The van der Waals surface area contributed by atoms with E-state index in [0.717, 1.165) is 38.3 Å². The molecule has 1 N–H and O–H groups in total. The quantitative estimate of drug-likeness (QED) is 0.779. The zero-order valence-electron chi connectivity index (χ0n) is 13.8. The fourth-order valence-electron chi connectivity index (χ4n) is 2.89. The lowest BCUT2D eigenvalue weighted by atomic mass is 10.0. The van der Waals surface area contributed by atoms with E-state index in [0.29, 0.717) is 31.3 Å². The third-order valence-electron chi connectivity index (χ3n) is 4.38. The highest BCUT2D eigenvalue weighted by molar-refractivity contribution is 5.74. The smallest absolute Gasteiger partial charge is 0.318 e. The van der Waals surface area contributed by atoms with Crippen molar-refractivity contribution in [1.29, 1.82) is 0 Å². The van der Waals surface area contributed by atoms with Crippen LogP contribution in [-0.2, 0) is 11.2 Å². The molecule has 1 aromatic rings. The van der Waals surface area contributed by atoms with Gasteiger partial charge in [0.15, 0.2) is 5.82 Å². The van der Waals surface area contributed by atoms with Crippen LogP contribution in [0.3, 0.4) is 0 Å². The number of rotatable bonds is 7. The van der Waals surface area contributed by atoms with Crippen LogP contribution < -0.4 is 5.32 Å². The molecule has 1 saturated heterocycles. The number of carbonyl (C=O) groups excluding carboxylic acids is 1. The standard InChI is InChI=1S/C16H26N4O3/c1-2-17-16(21)20-9-4-3-5-13(20)15-18-14(19-23-15)8-10-22-11-12-6-7-12/h12-13H,2-11H2,1H3,(H,17,21). The van der Waals surface area contributed by atoms with Gasteiger partial charge >= 0.3 is 6.03 Å². The molecule has 2 amide bonds. The van der Waals surface area contributed by atoms with Gasteiger partial charge in [-0.15, -0.1) is 0 Å². The van der Waals surface area contributed by atoms with Gasteiger partial charge in [0, 0.05) is 26.1 Å². The third-order valence-corrected chi connectivity index (χ3v) is 4.38. The number of aromatic nitrogens is 2. The molecule has 7 nitrogen and oxygen atoms in total. The molecule has 0 spiro atoms. The number of nitrogens with one attached hydrogen (secondary N) is 1. The van der Waals surface area contributed by atoms with Crippen molar-refractivity contribution in [3.8, 4) is 0 Å². The van der Waals surface area contributed by atoms with E-state index in [-0.39, 0.29) is 12.1 Å². The molecule has 2 heterocycles. The van der Waals surface area contributed by atoms with Crippen molar-refractivity contribution in [3.05, 3.63) is 11.7 Å². The molecule has 2 aliphatic rings. The molecule has 1 aromatic heterocycles. The predicted molar refractivity (Wildman–Crippen MR) is 83.9 cm³/mol. The average Bonchev–Trinajstić information content (AvgIpc) is 3.28. The summed E-state index contributed by atoms with van der Waals surface area (Å²) in [5, 5.41) is 6.90. The van der Waals surface area contributed by atoms with E-state index < -0.39 is 0 Å². The molecule has 7 heteroatoms. The number of piperidine rings is 1. The van der Waals surface area contributed by atoms with E-state index in [1.165, 1.54) is 12.8 Å². The molecule has 23 heavy (non-hydrogen) atoms. The molecule has 1 unspecified atom stereocenters. The zero-order valence-corrected chi connectivity index (χ0v) is 13.8. The van der Waals surface area contributed by atoms with Crippen LogP contribution in [0.2, 0.25) is 0 Å². The summed E-state index contributed by atoms with van der Waals surface area (Å²) >= 11 is 0. The molecule has 1 atom stereocenters. The Morgan fingerprint density at radius 3 is 3.04 bits per heavy atom. The largest absolute Gasteiger partial charge is 0.381 e. The molecule has 128 valence electrons. The molecular weight excluding hydrogens is 296 g/mol. The highest BCUT2D eigenvalue weighted by Gasteiger charge is 2.31. The molecule has 1 aliphatic heterocycles. The second-order valence-corrected chi connectivity index (χ2v) is 6.36. The normalized spacial score (nSPS) is 21.4. The summed E-state index contributed by atoms with van der Waals surface area (Å²) in [4.78, 5) is 18.5. The number of nitrogens with zero attached hydrogens (tertiary/aromatic N) is 3. The molecular formula is C16H26N4O3. The van der Waals surface area contributed by atoms with Crippen molar-refractivity contribution in [3.63, 3.8) is 0 Å². The number of ether oxygens (including phenoxy) is 1. The summed E-state index contributed by atoms with van der Waals surface area (Å²) < 4.78 is 11.0. The Morgan fingerprint density at radius 1 is 1.39 bits per heavy atom. The van der Waals surface area contributed by atoms with Gasteiger partial charge in [-0.3, -0.25) is 0 Å². The van der Waals surface area contributed by atoms with Gasteiger partial charge in [0.1, 0.15) is 6.04 Å². The summed E-state index contributed by atoms with van der Waals surface area (Å²) in [7, 11) is 0. The second-order valence-electron chi connectivity index (χ2n) is 6.36. The summed E-state index contributed by atoms with van der Waals surface area (Å²) in [6.07, 6.45) is 6.21. The van der Waals surface area contributed by atoms with Crippen LogP contribution in [0.4, 0.5) is 4.79 Å². The lowest BCUT2D eigenvalue weighted by Crippen LogP contribution is -2.44. The molecule has 2 fully saturated rings. The van der Waals surface area contributed by atoms with Crippen LogP contribution in [0.1, 0.15) is 56.8 Å². The van der Waals surface area contributed by atoms with E-state index in [1.54, 1.807) is 0 Å². The minimum absolute atomic E-state index is 0.0512. The van der Waals surface area contributed by atoms with Crippen molar-refractivity contribution in [2.45, 2.75) is 51.5 Å². The molecule has 1 saturated carbocycles. The van der Waals surface area contributed by atoms with Crippen LogP contribution in [0.15, 0.2) is 4.52 Å². The van der Waals surface area contributed by atoms with Crippen molar-refractivity contribution in [2.24, 2.45) is 5.92 Å². The van der Waals surface area contributed by atoms with Crippen molar-refractivity contribution in [1.82, 2.24) is 20.4 Å². The van der Waals surface area contributed by atoms with Crippen molar-refractivity contribution < 1.29 is 14.1 Å². The lowest BCUT2D eigenvalue weighted by molar-refractivity contribution is 0.125. The first-order valence-corrected chi connectivity index (χ1v) is 8.72. The number of hydrogen-bond acceptors (Lipinski definition) is 5. The number of urea groups is 1. The molecule has 3 rings (SSSR count). The number of carbonyl (C=O) groups is 1. The first kappa shape index (κ1) is 16.2. The third kappa shape index (κ3) is 4.43. The zero-order chi connectivity index (χ0) is 16.1. The topological polar surface area (TPSA) is 80.5 Å². The maximum absolute atomic E-state index is 12.2. The van der Waals surface area contributed by atoms with E-state index >= 15 is 0 Å². The van der Waals surface area contributed by atoms with Gasteiger partial charge in [-0.05, 0) is 44.9 Å². The van der Waals surface area contributed by atoms with Gasteiger partial charge in [0.25, 0.3) is 0 Å². The number of hydrogen-bond donors (Lipinski definition) is 1. The fraction of sp³-hybridized carbons (Fsp3) is 0.812. The van der Waals surface area contributed by atoms with Gasteiger partial charge in [0.05, 0.1) is 6.61 Å². The summed E-state index contributed by atoms with van der Waals surface area (Å²) in [6, 6.07) is -0.159. The SMILES string of the molecule is CCNC(=O)N1CCCCC1c1nc(CCOCC2CC2)no1. The van der Waals surface area contributed by atoms with Crippen LogP contribution >= 0.6 is 0 Å². The highest BCUT2D eigenvalue weighted by Crippen LogP contribution is 2.30. The molecule has 0 radical (unpaired) electrons. The monoisotopic (exact) mass is 322 g/mol. The van der Waals surface area contributed by atoms with Crippen LogP contribution in [0.25, 0.3) is 0 Å². The van der Waals surface area contributed by atoms with Gasteiger partial charge in [-0.1, -0.05) is 5.16 Å². The minimum atomic E-state index is -0.107. The van der Waals surface area contributed by atoms with E-state index in [9.17, 15) is 4.79 Å². The van der Waals surface area contributed by atoms with E-state index in [2.05, 4.69) is 15.5 Å². The summed E-state index contributed by atoms with van der Waals surface area (Å²) in [5.74, 6) is 1.98. The Kier molecular flexibility index (Phi) is 5.48. The van der Waals surface area contributed by atoms with Gasteiger partial charge < -0.3 is 19.5 Å². The number of likely N-dealkylation sites (tertiary alicyclic amines) is 1. The predicted octanol–water partition coefficient (Wildman–Crippen LogP) is 2.30. The average molecular weight is 322 g/mol. The highest BCUT2D eigenvalue weighted by atomic mass is 16.5. The van der Waals surface area contributed by atoms with Crippen molar-refractivity contribution >= 4 is 6.03 Å². The van der Waals surface area contributed by atoms with E-state index in [4.69, 9.17) is 9.26 Å². The Bertz CT molecular complexity index is 515. The maximum Gasteiger partial charge on any atom is 0.318 e. The van der Waals surface area contributed by atoms with Crippen LogP contribution in [-0.4, -0.2) is 47.4 Å². The molecule has 0 aromatic carbocycles. The number of amides is 2. The Hall–Kier alpha value is -1.63. The van der Waals surface area contributed by atoms with Crippen molar-refractivity contribution in [2.75, 3.05) is 26.3 Å². The van der Waals surface area contributed by atoms with Gasteiger partial charge in [-0.25, -0.2) is 4.79 Å². The first-order valence-electron chi connectivity index (χ1n) is 8.72. The Morgan fingerprint density at radius 2 is 2.26 bits per heavy atom. The Labute approximate surface area is 136 Å². The summed E-state index contributed by atoms with van der Waals surface area (Å²) in [5.41, 5.74) is 0. The molecule has 0 bridgehead atoms. The maximum atomic E-state index is 12.2. The van der Waals surface area contributed by atoms with E-state index in [1.807, 2.05) is 11.8 Å². The van der Waals surface area contributed by atoms with Gasteiger partial charge in [-0.2, -0.15) is 4.98 Å². The van der Waals surface area contributed by atoms with Crippen LogP contribution in [0, 0.1) is 5.92 Å². The second kappa shape index (κ2) is 7.77. The summed E-state index contributed by atoms with van der Waals surface area (Å²) in [6.45, 7) is 4.75. The molecule has 1 aliphatic carbocycles. The van der Waals surface area contributed by atoms with Crippen LogP contribution in [0.5, 0.6) is 0 Å². The first-order chi connectivity index (χ1) is 11.3. The fourth-order valence-corrected chi connectivity index (χ4v) is 2.89. The minimum Gasteiger partial charge on any atom is -0.381 e. The lowest BCUT2D eigenvalue weighted by Gasteiger charge is -2.33. The Balaban J connectivity index is 1.54. The van der Waals surface area contributed by atoms with Gasteiger partial charge in [0.2, 0.25) is 5.89 Å².